The van der Waals surface area contributed by atoms with Crippen molar-refractivity contribution in [2.75, 3.05) is 13.2 Å². The van der Waals surface area contributed by atoms with Crippen LogP contribution in [0.2, 0.25) is 0 Å². The molecule has 3 N–H and O–H groups in total. The molecule has 1 unspecified atom stereocenters. The Morgan fingerprint density at radius 3 is 2.32 bits per heavy atom. The lowest BCUT2D eigenvalue weighted by atomic mass is 10.0. The number of carbonyl (C=O) groups is 1. The van der Waals surface area contributed by atoms with Crippen molar-refractivity contribution >= 4 is 16.0 Å². The van der Waals surface area contributed by atoms with E-state index in [0.717, 1.165) is 16.7 Å². The molecule has 0 fully saturated rings. The van der Waals surface area contributed by atoms with Gasteiger partial charge in [-0.2, -0.15) is 0 Å². The molecule has 0 aliphatic heterocycles. The Bertz CT molecular complexity index is 1110. The number of rotatable bonds is 10. The molecule has 6 nitrogen and oxygen atoms in total. The Morgan fingerprint density at radius 1 is 1.00 bits per heavy atom. The smallest absolute Gasteiger partial charge is 0.336 e. The number of aryl methyl sites for hydroxylation is 1. The molecular formula is C24H27NO5S. The van der Waals surface area contributed by atoms with Gasteiger partial charge in [-0.25, -0.2) is 17.9 Å². The first kappa shape index (κ1) is 22.9. The third-order valence-electron chi connectivity index (χ3n) is 5.42. The van der Waals surface area contributed by atoms with Crippen LogP contribution >= 0.6 is 0 Å². The largest absolute Gasteiger partial charge is 0.478 e. The molecule has 2 aliphatic rings. The van der Waals surface area contributed by atoms with Crippen molar-refractivity contribution in [3.05, 3.63) is 77.4 Å². The highest BCUT2D eigenvalue weighted by atomic mass is 32.2. The average Bonchev–Trinajstić information content (AvgIpc) is 2.96. The van der Waals surface area contributed by atoms with Crippen LogP contribution in [0.3, 0.4) is 0 Å². The maximum absolute atomic E-state index is 12.3. The number of aromatic carboxylic acids is 1. The van der Waals surface area contributed by atoms with Crippen molar-refractivity contribution in [1.29, 1.82) is 0 Å². The van der Waals surface area contributed by atoms with Gasteiger partial charge in [-0.05, 0) is 59.7 Å². The molecule has 0 bridgehead atoms. The monoisotopic (exact) mass is 441 g/mol. The SMILES string of the molecule is CC(CO)c1ccc2c(CCCCNS(=O)(=O)c3ccccc3)cc(C(=O)O)c-2cc1. The number of hydrogen-bond donors (Lipinski definition) is 3. The van der Waals surface area contributed by atoms with Crippen LogP contribution in [-0.2, 0) is 16.4 Å². The van der Waals surface area contributed by atoms with E-state index in [0.29, 0.717) is 31.4 Å². The van der Waals surface area contributed by atoms with Crippen LogP contribution in [0.1, 0.15) is 47.2 Å². The molecule has 0 saturated heterocycles. The molecule has 0 saturated carbocycles. The lowest BCUT2D eigenvalue weighted by Gasteiger charge is -2.07. The van der Waals surface area contributed by atoms with E-state index < -0.39 is 16.0 Å². The normalized spacial score (nSPS) is 12.7. The molecule has 164 valence electrons. The van der Waals surface area contributed by atoms with E-state index in [1.54, 1.807) is 42.5 Å². The van der Waals surface area contributed by atoms with Crippen molar-refractivity contribution < 1.29 is 23.4 Å². The molecule has 31 heavy (non-hydrogen) atoms. The van der Waals surface area contributed by atoms with Crippen LogP contribution in [0.15, 0.2) is 65.6 Å². The maximum Gasteiger partial charge on any atom is 0.336 e. The highest BCUT2D eigenvalue weighted by Crippen LogP contribution is 2.34. The minimum absolute atomic E-state index is 0.0196. The molecule has 1 atom stereocenters. The maximum atomic E-state index is 12.3. The summed E-state index contributed by atoms with van der Waals surface area (Å²) < 4.78 is 27.1. The predicted molar refractivity (Wildman–Crippen MR) is 120 cm³/mol. The summed E-state index contributed by atoms with van der Waals surface area (Å²) in [5.41, 5.74) is 3.67. The van der Waals surface area contributed by atoms with Gasteiger partial charge in [0.25, 0.3) is 0 Å². The second-order valence-corrected chi connectivity index (χ2v) is 9.40. The summed E-state index contributed by atoms with van der Waals surface area (Å²) >= 11 is 0. The van der Waals surface area contributed by atoms with Gasteiger partial charge in [-0.1, -0.05) is 49.4 Å². The molecule has 0 heterocycles. The van der Waals surface area contributed by atoms with Gasteiger partial charge in [0.1, 0.15) is 0 Å². The summed E-state index contributed by atoms with van der Waals surface area (Å²) in [5.74, 6) is -1.01. The van der Waals surface area contributed by atoms with E-state index in [9.17, 15) is 23.4 Å². The molecule has 0 amide bonds. The van der Waals surface area contributed by atoms with Crippen molar-refractivity contribution in [3.8, 4) is 11.1 Å². The quantitative estimate of drug-likeness (QED) is 0.414. The Labute approximate surface area is 183 Å². The number of unbranched alkanes of at least 4 members (excludes halogenated alkanes) is 1. The summed E-state index contributed by atoms with van der Waals surface area (Å²) in [6.45, 7) is 2.24. The molecule has 0 aromatic heterocycles. The number of benzene rings is 1. The summed E-state index contributed by atoms with van der Waals surface area (Å²) in [7, 11) is -3.52. The van der Waals surface area contributed by atoms with E-state index >= 15 is 0 Å². The van der Waals surface area contributed by atoms with Crippen LogP contribution in [0.4, 0.5) is 0 Å². The fraction of sp³-hybridized carbons (Fsp3) is 0.292. The second kappa shape index (κ2) is 10.0. The van der Waals surface area contributed by atoms with Gasteiger partial charge in [0.05, 0.1) is 10.5 Å². The zero-order chi connectivity index (χ0) is 22.4. The Kier molecular flexibility index (Phi) is 7.43. The van der Waals surface area contributed by atoms with Crippen molar-refractivity contribution in [1.82, 2.24) is 4.72 Å². The minimum Gasteiger partial charge on any atom is -0.478 e. The number of carboxylic acids is 1. The lowest BCUT2D eigenvalue weighted by molar-refractivity contribution is 0.0698. The first-order chi connectivity index (χ1) is 14.8. The molecule has 1 aromatic carbocycles. The fourth-order valence-electron chi connectivity index (χ4n) is 3.59. The van der Waals surface area contributed by atoms with Crippen LogP contribution < -0.4 is 4.72 Å². The molecule has 0 radical (unpaired) electrons. The van der Waals surface area contributed by atoms with E-state index in [1.165, 1.54) is 0 Å². The fourth-order valence-corrected chi connectivity index (χ4v) is 4.68. The standard InChI is InChI=1S/C24H27NO5S/c1-17(16-26)18-10-12-21-19(15-23(24(27)28)22(21)13-11-18)7-5-6-14-25-31(29,30)20-8-3-2-4-9-20/h2-4,8-13,15,17,25-26H,5-7,14,16H2,1H3,(H,27,28). The number of carboxylic acid groups (broad SMARTS) is 1. The number of sulfonamides is 1. The van der Waals surface area contributed by atoms with E-state index in [4.69, 9.17) is 0 Å². The summed E-state index contributed by atoms with van der Waals surface area (Å²) in [4.78, 5) is 11.9. The van der Waals surface area contributed by atoms with Crippen molar-refractivity contribution in [3.63, 3.8) is 0 Å². The minimum atomic E-state index is -3.52. The number of fused-ring (bicyclic) bond motifs is 1. The number of aliphatic hydroxyl groups excluding tert-OH is 1. The topological polar surface area (TPSA) is 104 Å². The number of aliphatic hydroxyl groups is 1. The Balaban J connectivity index is 1.68. The van der Waals surface area contributed by atoms with E-state index in [-0.39, 0.29) is 23.0 Å². The first-order valence-corrected chi connectivity index (χ1v) is 11.8. The predicted octanol–water partition coefficient (Wildman–Crippen LogP) is 3.89. The molecule has 7 heteroatoms. The zero-order valence-electron chi connectivity index (χ0n) is 17.4. The average molecular weight is 442 g/mol. The van der Waals surface area contributed by atoms with Crippen LogP contribution in [-0.4, -0.2) is 37.8 Å². The van der Waals surface area contributed by atoms with Crippen LogP contribution in [0.25, 0.3) is 11.1 Å². The van der Waals surface area contributed by atoms with Crippen LogP contribution in [0.5, 0.6) is 0 Å². The van der Waals surface area contributed by atoms with Gasteiger partial charge in [-0.3, -0.25) is 0 Å². The van der Waals surface area contributed by atoms with E-state index in [1.807, 2.05) is 25.1 Å². The highest BCUT2D eigenvalue weighted by Gasteiger charge is 2.20. The molecule has 0 spiro atoms. The van der Waals surface area contributed by atoms with Crippen LogP contribution in [0, 0.1) is 0 Å². The summed E-state index contributed by atoms with van der Waals surface area (Å²) in [6.07, 6.45) is 1.99. The second-order valence-electron chi connectivity index (χ2n) is 7.63. The van der Waals surface area contributed by atoms with Gasteiger partial charge in [0.15, 0.2) is 0 Å². The number of nitrogens with one attached hydrogen (secondary N) is 1. The summed E-state index contributed by atoms with van der Waals surface area (Å²) in [5, 5.41) is 19.0. The van der Waals surface area contributed by atoms with E-state index in [2.05, 4.69) is 4.72 Å². The lowest BCUT2D eigenvalue weighted by Crippen LogP contribution is -2.24. The zero-order valence-corrected chi connectivity index (χ0v) is 18.2. The molecular weight excluding hydrogens is 414 g/mol. The molecule has 2 aliphatic carbocycles. The molecule has 1 aromatic rings. The molecule has 3 rings (SSSR count). The van der Waals surface area contributed by atoms with Crippen molar-refractivity contribution in [2.45, 2.75) is 37.0 Å². The van der Waals surface area contributed by atoms with Gasteiger partial charge in [-0.15, -0.1) is 0 Å². The highest BCUT2D eigenvalue weighted by molar-refractivity contribution is 7.89. The van der Waals surface area contributed by atoms with Crippen molar-refractivity contribution in [2.24, 2.45) is 0 Å². The third-order valence-corrected chi connectivity index (χ3v) is 6.90. The van der Waals surface area contributed by atoms with Gasteiger partial charge in [0, 0.05) is 19.1 Å². The number of hydrogen-bond acceptors (Lipinski definition) is 4. The van der Waals surface area contributed by atoms with Gasteiger partial charge in [0.2, 0.25) is 10.0 Å². The first-order valence-electron chi connectivity index (χ1n) is 10.3. The summed E-state index contributed by atoms with van der Waals surface area (Å²) in [6, 6.07) is 17.4. The van der Waals surface area contributed by atoms with Gasteiger partial charge >= 0.3 is 5.97 Å². The Morgan fingerprint density at radius 2 is 1.68 bits per heavy atom. The van der Waals surface area contributed by atoms with Gasteiger partial charge < -0.3 is 10.2 Å². The third kappa shape index (κ3) is 5.50. The Hall–Kier alpha value is -2.74.